The standard InChI is InChI=1S/C25H24N2O4S/c28-24(17-4-2-1-3-5-17)26-19-10-12-27(13-11-19)25(29)23-9-8-22(32-23)18-6-7-20-21(16-18)31-15-14-30-20/h1-9,16,19H,10-15H2,(H,26,28). The number of carbonyl (C=O) groups is 2. The summed E-state index contributed by atoms with van der Waals surface area (Å²) in [7, 11) is 0. The Morgan fingerprint density at radius 3 is 2.44 bits per heavy atom. The van der Waals surface area contributed by atoms with E-state index >= 15 is 0 Å². The Balaban J connectivity index is 1.19. The highest BCUT2D eigenvalue weighted by atomic mass is 32.1. The SMILES string of the molecule is O=C(NC1CCN(C(=O)c2ccc(-c3ccc4c(c3)OCCO4)s2)CC1)c1ccccc1. The van der Waals surface area contributed by atoms with Crippen LogP contribution >= 0.6 is 11.3 Å². The largest absolute Gasteiger partial charge is 0.486 e. The third-order valence-electron chi connectivity index (χ3n) is 5.80. The van der Waals surface area contributed by atoms with E-state index in [-0.39, 0.29) is 17.9 Å². The van der Waals surface area contributed by atoms with Crippen LogP contribution in [-0.4, -0.2) is 49.1 Å². The van der Waals surface area contributed by atoms with E-state index in [2.05, 4.69) is 5.32 Å². The van der Waals surface area contributed by atoms with Crippen LogP contribution in [0.4, 0.5) is 0 Å². The first kappa shape index (κ1) is 20.6. The van der Waals surface area contributed by atoms with Crippen molar-refractivity contribution in [2.24, 2.45) is 0 Å². The van der Waals surface area contributed by atoms with E-state index in [0.29, 0.717) is 31.9 Å². The number of ether oxygens (including phenoxy) is 2. The third kappa shape index (κ3) is 4.34. The van der Waals surface area contributed by atoms with Gasteiger partial charge in [0.05, 0.1) is 4.88 Å². The molecule has 2 amide bonds. The fourth-order valence-corrected chi connectivity index (χ4v) is 5.02. The smallest absolute Gasteiger partial charge is 0.263 e. The summed E-state index contributed by atoms with van der Waals surface area (Å²) in [5.41, 5.74) is 1.68. The number of benzene rings is 2. The molecule has 2 aliphatic rings. The van der Waals surface area contributed by atoms with Gasteiger partial charge in [0.2, 0.25) is 0 Å². The van der Waals surface area contributed by atoms with Crippen LogP contribution < -0.4 is 14.8 Å². The van der Waals surface area contributed by atoms with Gasteiger partial charge in [-0.15, -0.1) is 11.3 Å². The highest BCUT2D eigenvalue weighted by molar-refractivity contribution is 7.17. The number of piperidine rings is 1. The lowest BCUT2D eigenvalue weighted by atomic mass is 10.0. The van der Waals surface area contributed by atoms with Crippen LogP contribution in [0.25, 0.3) is 10.4 Å². The predicted octanol–water partition coefficient (Wildman–Crippen LogP) is 4.22. The first-order valence-electron chi connectivity index (χ1n) is 10.8. The van der Waals surface area contributed by atoms with Gasteiger partial charge in [0, 0.05) is 29.6 Å². The molecule has 32 heavy (non-hydrogen) atoms. The molecule has 0 bridgehead atoms. The van der Waals surface area contributed by atoms with Crippen molar-refractivity contribution in [1.29, 1.82) is 0 Å². The second-order valence-corrected chi connectivity index (χ2v) is 9.01. The Kier molecular flexibility index (Phi) is 5.81. The number of thiophene rings is 1. The van der Waals surface area contributed by atoms with Crippen molar-refractivity contribution in [3.05, 3.63) is 71.1 Å². The van der Waals surface area contributed by atoms with Crippen molar-refractivity contribution in [1.82, 2.24) is 10.2 Å². The maximum atomic E-state index is 13.0. The van der Waals surface area contributed by atoms with Gasteiger partial charge in [-0.05, 0) is 60.9 Å². The molecule has 0 aliphatic carbocycles. The summed E-state index contributed by atoms with van der Waals surface area (Å²) in [6.07, 6.45) is 1.51. The lowest BCUT2D eigenvalue weighted by molar-refractivity contribution is 0.0702. The minimum Gasteiger partial charge on any atom is -0.486 e. The van der Waals surface area contributed by atoms with Crippen molar-refractivity contribution in [2.45, 2.75) is 18.9 Å². The van der Waals surface area contributed by atoms with Crippen molar-refractivity contribution in [3.8, 4) is 21.9 Å². The van der Waals surface area contributed by atoms with Crippen molar-refractivity contribution < 1.29 is 19.1 Å². The molecule has 6 nitrogen and oxygen atoms in total. The second kappa shape index (κ2) is 9.04. The zero-order chi connectivity index (χ0) is 21.9. The van der Waals surface area contributed by atoms with E-state index in [0.717, 1.165) is 39.7 Å². The number of rotatable bonds is 4. The minimum absolute atomic E-state index is 0.0478. The quantitative estimate of drug-likeness (QED) is 0.649. The first-order valence-corrected chi connectivity index (χ1v) is 11.6. The highest BCUT2D eigenvalue weighted by Gasteiger charge is 2.26. The van der Waals surface area contributed by atoms with Crippen LogP contribution in [0, 0.1) is 0 Å². The summed E-state index contributed by atoms with van der Waals surface area (Å²) < 4.78 is 11.3. The monoisotopic (exact) mass is 448 g/mol. The molecule has 5 rings (SSSR count). The number of likely N-dealkylation sites (tertiary alicyclic amines) is 1. The molecule has 0 unspecified atom stereocenters. The molecule has 2 aliphatic heterocycles. The highest BCUT2D eigenvalue weighted by Crippen LogP contribution is 2.37. The molecule has 1 fully saturated rings. The van der Waals surface area contributed by atoms with E-state index in [1.807, 2.05) is 65.6 Å². The number of nitrogens with one attached hydrogen (secondary N) is 1. The average molecular weight is 449 g/mol. The zero-order valence-electron chi connectivity index (χ0n) is 17.6. The summed E-state index contributed by atoms with van der Waals surface area (Å²) in [4.78, 5) is 29.0. The number of carbonyl (C=O) groups excluding carboxylic acids is 2. The summed E-state index contributed by atoms with van der Waals surface area (Å²) in [6, 6.07) is 19.1. The number of amides is 2. The number of nitrogens with zero attached hydrogens (tertiary/aromatic N) is 1. The van der Waals surface area contributed by atoms with Gasteiger partial charge < -0.3 is 19.7 Å². The predicted molar refractivity (Wildman–Crippen MR) is 124 cm³/mol. The topological polar surface area (TPSA) is 67.9 Å². The van der Waals surface area contributed by atoms with Crippen LogP contribution in [0.2, 0.25) is 0 Å². The number of hydrogen-bond donors (Lipinski definition) is 1. The molecule has 0 saturated carbocycles. The lowest BCUT2D eigenvalue weighted by Crippen LogP contribution is -2.46. The molecule has 164 valence electrons. The third-order valence-corrected chi connectivity index (χ3v) is 6.92. The second-order valence-electron chi connectivity index (χ2n) is 7.93. The summed E-state index contributed by atoms with van der Waals surface area (Å²) in [6.45, 7) is 2.38. The fraction of sp³-hybridized carbons (Fsp3) is 0.280. The van der Waals surface area contributed by atoms with Gasteiger partial charge in [-0.25, -0.2) is 0 Å². The van der Waals surface area contributed by atoms with Gasteiger partial charge in [0.1, 0.15) is 13.2 Å². The summed E-state index contributed by atoms with van der Waals surface area (Å²) >= 11 is 1.49. The Morgan fingerprint density at radius 2 is 1.66 bits per heavy atom. The van der Waals surface area contributed by atoms with E-state index in [1.54, 1.807) is 0 Å². The fourth-order valence-electron chi connectivity index (χ4n) is 4.05. The number of fused-ring (bicyclic) bond motifs is 1. The zero-order valence-corrected chi connectivity index (χ0v) is 18.4. The molecule has 2 aromatic carbocycles. The molecule has 0 radical (unpaired) electrons. The van der Waals surface area contributed by atoms with Gasteiger partial charge in [-0.2, -0.15) is 0 Å². The van der Waals surface area contributed by atoms with Crippen molar-refractivity contribution >= 4 is 23.2 Å². The molecule has 7 heteroatoms. The molecule has 1 N–H and O–H groups in total. The van der Waals surface area contributed by atoms with E-state index in [9.17, 15) is 9.59 Å². The normalized spacial score (nSPS) is 15.9. The number of hydrogen-bond acceptors (Lipinski definition) is 5. The Morgan fingerprint density at radius 1 is 0.906 bits per heavy atom. The maximum Gasteiger partial charge on any atom is 0.263 e. The van der Waals surface area contributed by atoms with Crippen LogP contribution in [0.3, 0.4) is 0 Å². The molecule has 3 aromatic rings. The van der Waals surface area contributed by atoms with Gasteiger partial charge in [-0.1, -0.05) is 18.2 Å². The first-order chi connectivity index (χ1) is 15.7. The summed E-state index contributed by atoms with van der Waals surface area (Å²) in [5.74, 6) is 1.49. The van der Waals surface area contributed by atoms with Gasteiger partial charge in [-0.3, -0.25) is 9.59 Å². The Labute approximate surface area is 190 Å². The Bertz CT molecular complexity index is 1120. The molecule has 0 spiro atoms. The molecule has 1 aromatic heterocycles. The van der Waals surface area contributed by atoms with Crippen LogP contribution in [-0.2, 0) is 0 Å². The van der Waals surface area contributed by atoms with Crippen LogP contribution in [0.5, 0.6) is 11.5 Å². The van der Waals surface area contributed by atoms with Crippen molar-refractivity contribution in [2.75, 3.05) is 26.3 Å². The molecule has 0 atom stereocenters. The molecular formula is C25H24N2O4S. The minimum atomic E-state index is -0.0577. The van der Waals surface area contributed by atoms with Crippen molar-refractivity contribution in [3.63, 3.8) is 0 Å². The van der Waals surface area contributed by atoms with E-state index in [4.69, 9.17) is 9.47 Å². The Hall–Kier alpha value is -3.32. The van der Waals surface area contributed by atoms with Gasteiger partial charge in [0.15, 0.2) is 11.5 Å². The van der Waals surface area contributed by atoms with E-state index in [1.165, 1.54) is 11.3 Å². The molecule has 3 heterocycles. The summed E-state index contributed by atoms with van der Waals surface area (Å²) in [5, 5.41) is 3.09. The molecule has 1 saturated heterocycles. The molecular weight excluding hydrogens is 424 g/mol. The average Bonchev–Trinajstić information content (AvgIpc) is 3.35. The van der Waals surface area contributed by atoms with Crippen LogP contribution in [0.15, 0.2) is 60.7 Å². The lowest BCUT2D eigenvalue weighted by Gasteiger charge is -2.32. The van der Waals surface area contributed by atoms with Crippen LogP contribution in [0.1, 0.15) is 32.9 Å². The van der Waals surface area contributed by atoms with E-state index < -0.39 is 0 Å². The maximum absolute atomic E-state index is 13.0. The van der Waals surface area contributed by atoms with Gasteiger partial charge >= 0.3 is 0 Å². The van der Waals surface area contributed by atoms with Gasteiger partial charge in [0.25, 0.3) is 11.8 Å².